The number of methoxy groups -OCH3 is 2. The predicted molar refractivity (Wildman–Crippen MR) is 75.8 cm³/mol. The smallest absolute Gasteiger partial charge is 0.190 e. The van der Waals surface area contributed by atoms with Crippen molar-refractivity contribution in [3.8, 4) is 0 Å². The third-order valence-electron chi connectivity index (χ3n) is 1.23. The van der Waals surface area contributed by atoms with Crippen molar-refractivity contribution in [2.75, 3.05) is 14.2 Å². The number of carboxylic acid groups (broad SMARTS) is 3. The molecule has 0 saturated carbocycles. The van der Waals surface area contributed by atoms with Crippen LogP contribution in [-0.4, -0.2) is 59.4 Å². The summed E-state index contributed by atoms with van der Waals surface area (Å²) in [5, 5.41) is 26.7. The van der Waals surface area contributed by atoms with E-state index in [4.69, 9.17) is 39.2 Å². The zero-order valence-electron chi connectivity index (χ0n) is 13.5. The Balaban J connectivity index is -0.000000118. The first kappa shape index (κ1) is 29.4. The Bertz CT molecular complexity index is 396. The number of ether oxygens (including phenoxy) is 2. The minimum Gasteiger partial charge on any atom is -0.550 e. The summed E-state index contributed by atoms with van der Waals surface area (Å²) in [7, 11) is 3.21. The van der Waals surface area contributed by atoms with Crippen LogP contribution in [0.15, 0.2) is 29.7 Å². The van der Waals surface area contributed by atoms with E-state index >= 15 is 0 Å². The molecule has 0 aromatic rings. The number of rotatable bonds is 2. The number of allylic oxidation sites excluding steroid dienone is 1. The van der Waals surface area contributed by atoms with E-state index in [1.807, 2.05) is 0 Å². The number of carbonyl (C=O) groups excluding carboxylic acids is 3. The second-order valence-electron chi connectivity index (χ2n) is 3.26. The summed E-state index contributed by atoms with van der Waals surface area (Å²) in [6, 6.07) is 0. The SMILES string of the molecule is CC(=O)[O-].CC(=O)[O-].CC(=O)[O-].CO[C]1C=C=CC=C1OC.[Pb]. The molecule has 0 aromatic carbocycles. The number of hydrogen-bond donors (Lipinski definition) is 0. The van der Waals surface area contributed by atoms with Gasteiger partial charge in [-0.2, -0.15) is 0 Å². The summed E-state index contributed by atoms with van der Waals surface area (Å²) in [4.78, 5) is 26.7. The quantitative estimate of drug-likeness (QED) is 0.283. The van der Waals surface area contributed by atoms with Crippen molar-refractivity contribution in [2.24, 2.45) is 0 Å². The van der Waals surface area contributed by atoms with Crippen LogP contribution in [0.25, 0.3) is 0 Å². The normalized spacial score (nSPS) is 10.7. The molecule has 0 amide bonds. The van der Waals surface area contributed by atoms with Gasteiger partial charge in [-0.3, -0.25) is 0 Å². The van der Waals surface area contributed by atoms with Gasteiger partial charge in [-0.05, 0) is 32.9 Å². The summed E-state index contributed by atoms with van der Waals surface area (Å²) < 4.78 is 9.97. The molecule has 1 rings (SSSR count). The maximum absolute atomic E-state index is 8.89. The molecule has 23 heavy (non-hydrogen) atoms. The van der Waals surface area contributed by atoms with E-state index in [-0.39, 0.29) is 27.3 Å². The van der Waals surface area contributed by atoms with Gasteiger partial charge in [-0.25, -0.2) is 0 Å². The first-order valence-corrected chi connectivity index (χ1v) is 5.69. The van der Waals surface area contributed by atoms with Crippen LogP contribution in [0, 0.1) is 6.10 Å². The van der Waals surface area contributed by atoms with Gasteiger partial charge in [0, 0.05) is 58.4 Å². The third-order valence-corrected chi connectivity index (χ3v) is 1.23. The minimum atomic E-state index is -1.08. The van der Waals surface area contributed by atoms with Crippen LogP contribution in [0.4, 0.5) is 0 Å². The van der Waals surface area contributed by atoms with E-state index in [1.165, 1.54) is 0 Å². The summed E-state index contributed by atoms with van der Waals surface area (Å²) in [6.45, 7) is 2.92. The number of carboxylic acids is 3. The summed E-state index contributed by atoms with van der Waals surface area (Å²) in [6.07, 6.45) is 6.03. The van der Waals surface area contributed by atoms with E-state index in [9.17, 15) is 0 Å². The van der Waals surface area contributed by atoms with Crippen molar-refractivity contribution in [1.82, 2.24) is 0 Å². The summed E-state index contributed by atoms with van der Waals surface area (Å²) in [5.74, 6) is -2.51. The fourth-order valence-corrected chi connectivity index (χ4v) is 0.729. The number of hydrogen-bond acceptors (Lipinski definition) is 8. The number of carbonyl (C=O) groups is 3. The molecule has 9 heteroatoms. The standard InChI is InChI=1S/C8H9O2.3C2H4O2.Pb/c1-9-7-5-3-4-6-8(7)10-2;3*1-2(3)4;/h3,5-6H,1-2H3;3*1H3,(H,3,4);/p-3. The van der Waals surface area contributed by atoms with Gasteiger partial charge in [0.2, 0.25) is 0 Å². The van der Waals surface area contributed by atoms with Gasteiger partial charge in [-0.1, -0.05) is 0 Å². The molecule has 129 valence electrons. The molecule has 1 aliphatic rings. The monoisotopic (exact) mass is 522 g/mol. The van der Waals surface area contributed by atoms with Gasteiger partial charge in [0.1, 0.15) is 5.76 Å². The molecular weight excluding hydrogens is 503 g/mol. The molecule has 8 nitrogen and oxygen atoms in total. The molecule has 0 bridgehead atoms. The molecule has 0 heterocycles. The molecule has 0 spiro atoms. The number of aliphatic carboxylic acids is 3. The summed E-state index contributed by atoms with van der Waals surface area (Å²) in [5.41, 5.74) is 2.88. The molecule has 0 N–H and O–H groups in total. The van der Waals surface area contributed by atoms with Crippen LogP contribution in [0.3, 0.4) is 0 Å². The Hall–Kier alpha value is -1.65. The molecule has 0 fully saturated rings. The second kappa shape index (κ2) is 20.4. The van der Waals surface area contributed by atoms with Crippen LogP contribution in [0.1, 0.15) is 20.8 Å². The largest absolute Gasteiger partial charge is 0.550 e. The van der Waals surface area contributed by atoms with Crippen molar-refractivity contribution in [2.45, 2.75) is 20.8 Å². The molecular formula is C14H18O8Pb-3. The fourth-order valence-electron chi connectivity index (χ4n) is 0.729. The molecule has 0 saturated heterocycles. The maximum atomic E-state index is 8.89. The molecule has 5 radical (unpaired) electrons. The van der Waals surface area contributed by atoms with Crippen LogP contribution < -0.4 is 15.3 Å². The average molecular weight is 521 g/mol. The first-order chi connectivity index (χ1) is 10.1. The fraction of sp³-hybridized carbons (Fsp3) is 0.357. The van der Waals surface area contributed by atoms with Gasteiger partial charge in [-0.15, -0.1) is 5.73 Å². The summed E-state index contributed by atoms with van der Waals surface area (Å²) >= 11 is 0. The van der Waals surface area contributed by atoms with Gasteiger partial charge >= 0.3 is 0 Å². The molecule has 0 aromatic heterocycles. The van der Waals surface area contributed by atoms with E-state index in [1.54, 1.807) is 32.4 Å². The average Bonchev–Trinajstić information content (AvgIpc) is 2.36. The van der Waals surface area contributed by atoms with Crippen LogP contribution in [0.2, 0.25) is 0 Å². The Kier molecular flexibility index (Phi) is 26.0. The van der Waals surface area contributed by atoms with Gasteiger partial charge in [0.05, 0.1) is 7.11 Å². The van der Waals surface area contributed by atoms with Crippen LogP contribution in [0.5, 0.6) is 0 Å². The van der Waals surface area contributed by atoms with Crippen molar-refractivity contribution in [3.05, 3.63) is 35.8 Å². The third kappa shape index (κ3) is 38.4. The van der Waals surface area contributed by atoms with Crippen molar-refractivity contribution >= 4 is 45.2 Å². The van der Waals surface area contributed by atoms with Crippen LogP contribution >= 0.6 is 0 Å². The second-order valence-corrected chi connectivity index (χ2v) is 3.26. The molecule has 1 aliphatic carbocycles. The Morgan fingerprint density at radius 3 is 1.48 bits per heavy atom. The van der Waals surface area contributed by atoms with E-state index in [2.05, 4.69) is 5.73 Å². The first-order valence-electron chi connectivity index (χ1n) is 5.69. The zero-order valence-corrected chi connectivity index (χ0v) is 17.4. The Labute approximate surface area is 155 Å². The van der Waals surface area contributed by atoms with E-state index < -0.39 is 17.9 Å². The van der Waals surface area contributed by atoms with Crippen molar-refractivity contribution in [1.29, 1.82) is 0 Å². The maximum Gasteiger partial charge on any atom is 0.190 e. The van der Waals surface area contributed by atoms with Crippen LogP contribution in [-0.2, 0) is 23.9 Å². The van der Waals surface area contributed by atoms with Crippen molar-refractivity contribution in [3.63, 3.8) is 0 Å². The Morgan fingerprint density at radius 1 is 0.913 bits per heavy atom. The molecule has 0 atom stereocenters. The van der Waals surface area contributed by atoms with Gasteiger partial charge in [0.15, 0.2) is 6.10 Å². The van der Waals surface area contributed by atoms with E-state index in [0.717, 1.165) is 26.5 Å². The zero-order chi connectivity index (χ0) is 18.1. The Morgan fingerprint density at radius 2 is 1.26 bits per heavy atom. The minimum absolute atomic E-state index is 0. The molecule has 0 unspecified atom stereocenters. The van der Waals surface area contributed by atoms with E-state index in [0.29, 0.717) is 6.10 Å². The van der Waals surface area contributed by atoms with Gasteiger partial charge in [0.25, 0.3) is 0 Å². The van der Waals surface area contributed by atoms with Gasteiger partial charge < -0.3 is 39.2 Å². The predicted octanol–water partition coefficient (Wildman–Crippen LogP) is -2.69. The van der Waals surface area contributed by atoms with Crippen molar-refractivity contribution < 1.29 is 39.2 Å². The topological polar surface area (TPSA) is 139 Å². The molecule has 0 aliphatic heterocycles.